The van der Waals surface area contributed by atoms with Gasteiger partial charge in [-0.1, -0.05) is 19.9 Å². The molecule has 116 valence electrons. The maximum Gasteiger partial charge on any atom is 0.302 e. The van der Waals surface area contributed by atoms with Crippen molar-refractivity contribution in [3.63, 3.8) is 0 Å². The van der Waals surface area contributed by atoms with Crippen molar-refractivity contribution >= 4 is 12.3 Å². The normalized spacial score (nSPS) is 46.2. The highest BCUT2D eigenvalue weighted by Crippen LogP contribution is 2.63. The zero-order valence-corrected chi connectivity index (χ0v) is 13.2. The van der Waals surface area contributed by atoms with Crippen LogP contribution in [-0.4, -0.2) is 30.1 Å². The number of esters is 1. The minimum Gasteiger partial charge on any atom is -0.462 e. The van der Waals surface area contributed by atoms with Crippen molar-refractivity contribution in [2.24, 2.45) is 17.3 Å². The number of aldehydes is 1. The van der Waals surface area contributed by atoms with E-state index in [-0.39, 0.29) is 35.1 Å². The summed E-state index contributed by atoms with van der Waals surface area (Å²) in [4.78, 5) is 22.7. The van der Waals surface area contributed by atoms with Gasteiger partial charge in [0.2, 0.25) is 0 Å². The second-order valence-electron chi connectivity index (χ2n) is 7.54. The molecule has 21 heavy (non-hydrogen) atoms. The molecule has 1 saturated heterocycles. The van der Waals surface area contributed by atoms with E-state index in [9.17, 15) is 9.59 Å². The lowest BCUT2D eigenvalue weighted by Gasteiger charge is -2.21. The quantitative estimate of drug-likeness (QED) is 0.446. The molecular formula is C17H24O4. The van der Waals surface area contributed by atoms with Crippen LogP contribution >= 0.6 is 0 Å². The maximum absolute atomic E-state index is 11.4. The van der Waals surface area contributed by atoms with Crippen LogP contribution in [-0.2, 0) is 19.1 Å². The van der Waals surface area contributed by atoms with Gasteiger partial charge in [0.15, 0.2) is 0 Å². The number of hydrogen-bond acceptors (Lipinski definition) is 4. The Labute approximate surface area is 125 Å². The van der Waals surface area contributed by atoms with Crippen LogP contribution < -0.4 is 0 Å². The van der Waals surface area contributed by atoms with E-state index in [0.717, 1.165) is 31.1 Å². The summed E-state index contributed by atoms with van der Waals surface area (Å²) in [6, 6.07) is 0. The van der Waals surface area contributed by atoms with Crippen LogP contribution in [0.4, 0.5) is 0 Å². The van der Waals surface area contributed by atoms with Gasteiger partial charge in [-0.05, 0) is 36.7 Å². The minimum absolute atomic E-state index is 0.0689. The molecule has 4 nitrogen and oxygen atoms in total. The second kappa shape index (κ2) is 4.67. The molecule has 0 N–H and O–H groups in total. The summed E-state index contributed by atoms with van der Waals surface area (Å²) < 4.78 is 11.4. The van der Waals surface area contributed by atoms with Gasteiger partial charge in [0.1, 0.15) is 12.4 Å². The number of fused-ring (bicyclic) bond motifs is 2. The lowest BCUT2D eigenvalue weighted by atomic mass is 9.91. The van der Waals surface area contributed by atoms with E-state index in [2.05, 4.69) is 26.8 Å². The van der Waals surface area contributed by atoms with Crippen molar-refractivity contribution in [1.82, 2.24) is 0 Å². The first-order valence-corrected chi connectivity index (χ1v) is 7.79. The Balaban J connectivity index is 1.90. The molecule has 0 bridgehead atoms. The van der Waals surface area contributed by atoms with E-state index >= 15 is 0 Å². The van der Waals surface area contributed by atoms with Crippen molar-refractivity contribution < 1.29 is 19.1 Å². The van der Waals surface area contributed by atoms with E-state index in [1.165, 1.54) is 6.92 Å². The highest BCUT2D eigenvalue weighted by atomic mass is 16.6. The monoisotopic (exact) mass is 292 g/mol. The molecule has 1 saturated carbocycles. The topological polar surface area (TPSA) is 55.9 Å². The number of carbonyl (C=O) groups excluding carboxylic acids is 2. The fraction of sp³-hybridized carbons (Fsp3) is 0.765. The SMILES string of the molecule is CC(=O)O[C@H]1C[C@@]2(C)O[C@@H]2CC/C(C=O)=C\[C@H]2[C@@H]1C2(C)C. The molecule has 0 aromatic rings. The number of rotatable bonds is 2. The lowest BCUT2D eigenvalue weighted by Crippen LogP contribution is -2.28. The van der Waals surface area contributed by atoms with E-state index in [0.29, 0.717) is 5.92 Å². The van der Waals surface area contributed by atoms with Crippen molar-refractivity contribution in [1.29, 1.82) is 0 Å². The standard InChI is InChI=1S/C17H24O4/c1-10(19)20-13-8-17(4)14(21-17)6-5-11(9-18)7-12-15(13)16(12,2)3/h7,9,12-15H,5-6,8H2,1-4H3/b11-7+/t12-,13-,14+,15-,17+/m0/s1. The Kier molecular flexibility index (Phi) is 3.28. The molecule has 5 atom stereocenters. The van der Waals surface area contributed by atoms with Crippen molar-refractivity contribution in [2.45, 2.75) is 64.8 Å². The average Bonchev–Trinajstić information content (AvgIpc) is 3.17. The van der Waals surface area contributed by atoms with Crippen LogP contribution in [0.5, 0.6) is 0 Å². The molecule has 3 aliphatic rings. The first-order chi connectivity index (χ1) is 9.78. The van der Waals surface area contributed by atoms with Gasteiger partial charge >= 0.3 is 5.97 Å². The first-order valence-electron chi connectivity index (χ1n) is 7.79. The number of epoxide rings is 1. The molecule has 2 aliphatic carbocycles. The van der Waals surface area contributed by atoms with Gasteiger partial charge < -0.3 is 9.47 Å². The Morgan fingerprint density at radius 2 is 2.14 bits per heavy atom. The Morgan fingerprint density at radius 3 is 2.76 bits per heavy atom. The van der Waals surface area contributed by atoms with E-state index in [4.69, 9.17) is 9.47 Å². The van der Waals surface area contributed by atoms with Gasteiger partial charge in [0.05, 0.1) is 11.7 Å². The molecule has 0 radical (unpaired) electrons. The smallest absolute Gasteiger partial charge is 0.302 e. The van der Waals surface area contributed by atoms with Crippen molar-refractivity contribution in [2.75, 3.05) is 0 Å². The molecule has 1 heterocycles. The van der Waals surface area contributed by atoms with E-state index in [1.807, 2.05) is 0 Å². The fourth-order valence-corrected chi connectivity index (χ4v) is 4.15. The maximum atomic E-state index is 11.4. The Morgan fingerprint density at radius 1 is 1.43 bits per heavy atom. The zero-order chi connectivity index (χ0) is 15.4. The number of ether oxygens (including phenoxy) is 2. The minimum atomic E-state index is -0.237. The van der Waals surface area contributed by atoms with Gasteiger partial charge in [-0.15, -0.1) is 0 Å². The van der Waals surface area contributed by atoms with Gasteiger partial charge in [-0.3, -0.25) is 9.59 Å². The largest absolute Gasteiger partial charge is 0.462 e. The third-order valence-electron chi connectivity index (χ3n) is 5.60. The molecule has 2 fully saturated rings. The summed E-state index contributed by atoms with van der Waals surface area (Å²) in [5, 5.41) is 0. The van der Waals surface area contributed by atoms with E-state index in [1.54, 1.807) is 0 Å². The second-order valence-corrected chi connectivity index (χ2v) is 7.54. The third kappa shape index (κ3) is 2.54. The van der Waals surface area contributed by atoms with Crippen LogP contribution in [0, 0.1) is 17.3 Å². The van der Waals surface area contributed by atoms with Crippen LogP contribution in [0.3, 0.4) is 0 Å². The van der Waals surface area contributed by atoms with Gasteiger partial charge in [0, 0.05) is 19.3 Å². The molecule has 1 aliphatic heterocycles. The average molecular weight is 292 g/mol. The summed E-state index contributed by atoms with van der Waals surface area (Å²) in [6.07, 6.45) is 5.52. The fourth-order valence-electron chi connectivity index (χ4n) is 4.15. The summed E-state index contributed by atoms with van der Waals surface area (Å²) >= 11 is 0. The Hall–Kier alpha value is -1.16. The molecule has 0 aromatic heterocycles. The molecule has 0 spiro atoms. The lowest BCUT2D eigenvalue weighted by molar-refractivity contribution is -0.149. The number of carbonyl (C=O) groups is 2. The molecule has 0 aromatic carbocycles. The predicted octanol–water partition coefficient (Wildman–Crippen LogP) is 2.66. The number of allylic oxidation sites excluding steroid dienone is 2. The van der Waals surface area contributed by atoms with Gasteiger partial charge in [-0.25, -0.2) is 0 Å². The van der Waals surface area contributed by atoms with Gasteiger partial charge in [-0.2, -0.15) is 0 Å². The Bertz CT molecular complexity index is 507. The van der Waals surface area contributed by atoms with E-state index < -0.39 is 0 Å². The summed E-state index contributed by atoms with van der Waals surface area (Å²) in [7, 11) is 0. The molecule has 3 rings (SSSR count). The number of hydrogen-bond donors (Lipinski definition) is 0. The molecule has 0 amide bonds. The van der Waals surface area contributed by atoms with Crippen LogP contribution in [0.2, 0.25) is 0 Å². The summed E-state index contributed by atoms with van der Waals surface area (Å²) in [6.45, 7) is 7.92. The first kappa shape index (κ1) is 14.8. The van der Waals surface area contributed by atoms with Crippen LogP contribution in [0.25, 0.3) is 0 Å². The highest BCUT2D eigenvalue weighted by molar-refractivity contribution is 5.73. The summed E-state index contributed by atoms with van der Waals surface area (Å²) in [5.41, 5.74) is 0.727. The molecule has 0 unspecified atom stereocenters. The molecular weight excluding hydrogens is 268 g/mol. The summed E-state index contributed by atoms with van der Waals surface area (Å²) in [5.74, 6) is 0.343. The van der Waals surface area contributed by atoms with Crippen LogP contribution in [0.15, 0.2) is 11.6 Å². The third-order valence-corrected chi connectivity index (χ3v) is 5.60. The highest BCUT2D eigenvalue weighted by Gasteiger charge is 2.64. The zero-order valence-electron chi connectivity index (χ0n) is 13.2. The molecule has 4 heteroatoms. The van der Waals surface area contributed by atoms with Gasteiger partial charge in [0.25, 0.3) is 0 Å². The van der Waals surface area contributed by atoms with Crippen LogP contribution in [0.1, 0.15) is 47.0 Å². The predicted molar refractivity (Wildman–Crippen MR) is 77.6 cm³/mol. The van der Waals surface area contributed by atoms with Crippen molar-refractivity contribution in [3.05, 3.63) is 11.6 Å². The van der Waals surface area contributed by atoms with Crippen molar-refractivity contribution in [3.8, 4) is 0 Å².